The quantitative estimate of drug-likeness (QED) is 0.485. The standard InChI is InChI=1S/C25H36N2O5S/c1-5-10-16(2)26-13-9-12-25-18(21(29)27(17(3)15-28)20(25)22(26)30)19-23(31)32-14-8-6-7-11-24(19,4)33-25/h7,9,11-12,16-20,28H,5-6,8,10,13-15H2,1-4H3/b11-7-/t16?,17-,18+,19+,20?,24-,25+/m1/s1. The van der Waals surface area contributed by atoms with Crippen molar-refractivity contribution in [3.8, 4) is 0 Å². The van der Waals surface area contributed by atoms with Crippen molar-refractivity contribution in [3.63, 3.8) is 0 Å². The summed E-state index contributed by atoms with van der Waals surface area (Å²) in [6.07, 6.45) is 11.5. The van der Waals surface area contributed by atoms with Crippen molar-refractivity contribution in [1.82, 2.24) is 9.80 Å². The highest BCUT2D eigenvalue weighted by molar-refractivity contribution is 8.02. The van der Waals surface area contributed by atoms with Crippen LogP contribution in [0.3, 0.4) is 0 Å². The number of aliphatic hydroxyl groups is 1. The van der Waals surface area contributed by atoms with E-state index >= 15 is 0 Å². The lowest BCUT2D eigenvalue weighted by molar-refractivity contribution is -0.154. The molecule has 2 saturated heterocycles. The van der Waals surface area contributed by atoms with Gasteiger partial charge in [-0.3, -0.25) is 14.4 Å². The van der Waals surface area contributed by atoms with Gasteiger partial charge in [-0.25, -0.2) is 0 Å². The second kappa shape index (κ2) is 9.10. The maximum absolute atomic E-state index is 14.1. The Bertz CT molecular complexity index is 875. The number of allylic oxidation sites excluding steroid dienone is 1. The Morgan fingerprint density at radius 3 is 2.61 bits per heavy atom. The van der Waals surface area contributed by atoms with Crippen molar-refractivity contribution in [2.24, 2.45) is 11.8 Å². The summed E-state index contributed by atoms with van der Waals surface area (Å²) >= 11 is 1.55. The van der Waals surface area contributed by atoms with Crippen molar-refractivity contribution in [3.05, 3.63) is 24.3 Å². The molecule has 4 aliphatic rings. The molecule has 182 valence electrons. The largest absolute Gasteiger partial charge is 0.465 e. The van der Waals surface area contributed by atoms with Gasteiger partial charge in [0.2, 0.25) is 11.8 Å². The van der Waals surface area contributed by atoms with Crippen LogP contribution in [0.1, 0.15) is 53.4 Å². The predicted octanol–water partition coefficient (Wildman–Crippen LogP) is 2.53. The molecule has 0 radical (unpaired) electrons. The van der Waals surface area contributed by atoms with Gasteiger partial charge in [-0.05, 0) is 40.0 Å². The number of cyclic esters (lactones) is 1. The van der Waals surface area contributed by atoms with Gasteiger partial charge in [-0.2, -0.15) is 0 Å². The summed E-state index contributed by atoms with van der Waals surface area (Å²) in [4.78, 5) is 44.8. The minimum atomic E-state index is -0.889. The van der Waals surface area contributed by atoms with Crippen LogP contribution in [0.15, 0.2) is 24.3 Å². The normalized spacial score (nSPS) is 38.9. The molecular formula is C25H36N2O5S. The van der Waals surface area contributed by atoms with Crippen molar-refractivity contribution in [2.45, 2.75) is 81.0 Å². The van der Waals surface area contributed by atoms with Gasteiger partial charge < -0.3 is 19.6 Å². The van der Waals surface area contributed by atoms with Gasteiger partial charge in [0.15, 0.2) is 0 Å². The number of fused-ring (bicyclic) bond motifs is 2. The molecule has 0 aliphatic carbocycles. The molecule has 2 amide bonds. The molecule has 4 rings (SSSR count). The van der Waals surface area contributed by atoms with Crippen molar-refractivity contribution in [2.75, 3.05) is 19.8 Å². The van der Waals surface area contributed by atoms with E-state index in [2.05, 4.69) is 13.0 Å². The average molecular weight is 477 g/mol. The molecule has 4 heterocycles. The average Bonchev–Trinajstić information content (AvgIpc) is 3.13. The smallest absolute Gasteiger partial charge is 0.311 e. The van der Waals surface area contributed by atoms with Crippen LogP contribution < -0.4 is 0 Å². The number of aliphatic hydroxyl groups excluding tert-OH is 1. The number of likely N-dealkylation sites (tertiary alicyclic amines) is 1. The minimum Gasteiger partial charge on any atom is -0.465 e. The molecule has 2 fully saturated rings. The first-order chi connectivity index (χ1) is 15.7. The SMILES string of the molecule is CCCC(C)N1CC=C[C@]23S[C@]4(C)/C=C\CCCOC(=O)[C@@H]4[C@H]2C(=O)N([C@H](C)CO)C3C1=O. The van der Waals surface area contributed by atoms with E-state index in [0.717, 1.165) is 25.7 Å². The molecule has 2 unspecified atom stereocenters. The summed E-state index contributed by atoms with van der Waals surface area (Å²) in [5.74, 6) is -2.12. The fourth-order valence-corrected chi connectivity index (χ4v) is 8.26. The molecule has 0 aromatic heterocycles. The molecule has 8 heteroatoms. The van der Waals surface area contributed by atoms with E-state index in [0.29, 0.717) is 13.2 Å². The summed E-state index contributed by atoms with van der Waals surface area (Å²) in [6.45, 7) is 8.44. The molecule has 0 saturated carbocycles. The van der Waals surface area contributed by atoms with Crippen LogP contribution in [-0.2, 0) is 19.1 Å². The highest BCUT2D eigenvalue weighted by Crippen LogP contribution is 2.65. The Kier molecular flexibility index (Phi) is 6.71. The van der Waals surface area contributed by atoms with Crippen LogP contribution in [0.5, 0.6) is 0 Å². The summed E-state index contributed by atoms with van der Waals surface area (Å²) < 4.78 is 4.06. The Morgan fingerprint density at radius 2 is 1.91 bits per heavy atom. The first-order valence-electron chi connectivity index (χ1n) is 12.2. The monoisotopic (exact) mass is 476 g/mol. The summed E-state index contributed by atoms with van der Waals surface area (Å²) in [5.41, 5.74) is 0. The lowest BCUT2D eigenvalue weighted by Gasteiger charge is -2.40. The third-order valence-electron chi connectivity index (χ3n) is 7.70. The van der Waals surface area contributed by atoms with Crippen LogP contribution >= 0.6 is 11.8 Å². The fraction of sp³-hybridized carbons (Fsp3) is 0.720. The number of ether oxygens (including phenoxy) is 1. The van der Waals surface area contributed by atoms with Gasteiger partial charge in [-0.15, -0.1) is 11.8 Å². The molecule has 33 heavy (non-hydrogen) atoms. The highest BCUT2D eigenvalue weighted by Gasteiger charge is 2.74. The molecule has 0 bridgehead atoms. The second-order valence-corrected chi connectivity index (χ2v) is 11.8. The number of carbonyl (C=O) groups is 3. The zero-order valence-corrected chi connectivity index (χ0v) is 20.8. The Balaban J connectivity index is 1.87. The molecule has 7 nitrogen and oxygen atoms in total. The summed E-state index contributed by atoms with van der Waals surface area (Å²) in [6, 6.07) is -1.26. The van der Waals surface area contributed by atoms with Gasteiger partial charge in [0.1, 0.15) is 6.04 Å². The zero-order valence-electron chi connectivity index (χ0n) is 20.0. The predicted molar refractivity (Wildman–Crippen MR) is 127 cm³/mol. The summed E-state index contributed by atoms with van der Waals surface area (Å²) in [5, 5.41) is 9.99. The lowest BCUT2D eigenvalue weighted by Crippen LogP contribution is -2.57. The highest BCUT2D eigenvalue weighted by atomic mass is 32.2. The molecule has 1 spiro atoms. The topological polar surface area (TPSA) is 87.2 Å². The van der Waals surface area contributed by atoms with E-state index in [1.165, 1.54) is 0 Å². The Labute approximate surface area is 200 Å². The molecule has 0 aromatic rings. The van der Waals surface area contributed by atoms with Crippen molar-refractivity contribution >= 4 is 29.5 Å². The third kappa shape index (κ3) is 3.73. The van der Waals surface area contributed by atoms with E-state index in [9.17, 15) is 19.5 Å². The lowest BCUT2D eigenvalue weighted by atomic mass is 9.74. The number of nitrogens with zero attached hydrogens (tertiary/aromatic N) is 2. The van der Waals surface area contributed by atoms with Crippen molar-refractivity contribution in [1.29, 1.82) is 0 Å². The van der Waals surface area contributed by atoms with Crippen LogP contribution in [0, 0.1) is 11.8 Å². The molecule has 4 aliphatic heterocycles. The number of esters is 1. The van der Waals surface area contributed by atoms with E-state index in [-0.39, 0.29) is 30.4 Å². The van der Waals surface area contributed by atoms with Crippen LogP contribution in [0.2, 0.25) is 0 Å². The number of rotatable bonds is 5. The van der Waals surface area contributed by atoms with E-state index in [1.807, 2.05) is 37.0 Å². The maximum atomic E-state index is 14.1. The Hall–Kier alpha value is -1.80. The van der Waals surface area contributed by atoms with E-state index in [4.69, 9.17) is 4.74 Å². The van der Waals surface area contributed by atoms with E-state index in [1.54, 1.807) is 23.6 Å². The first kappa shape index (κ1) is 24.3. The number of hydrogen-bond donors (Lipinski definition) is 1. The van der Waals surface area contributed by atoms with Gasteiger partial charge in [0.05, 0.1) is 35.8 Å². The second-order valence-electron chi connectivity index (χ2n) is 10.0. The van der Waals surface area contributed by atoms with Gasteiger partial charge >= 0.3 is 5.97 Å². The zero-order chi connectivity index (χ0) is 24.0. The molecular weight excluding hydrogens is 440 g/mol. The number of amides is 2. The molecule has 1 N–H and O–H groups in total. The van der Waals surface area contributed by atoms with Crippen molar-refractivity contribution < 1.29 is 24.2 Å². The van der Waals surface area contributed by atoms with E-state index < -0.39 is 33.4 Å². The molecule has 7 atom stereocenters. The summed E-state index contributed by atoms with van der Waals surface area (Å²) in [7, 11) is 0. The van der Waals surface area contributed by atoms with Crippen LogP contribution in [0.25, 0.3) is 0 Å². The maximum Gasteiger partial charge on any atom is 0.311 e. The third-order valence-corrected chi connectivity index (χ3v) is 9.49. The minimum absolute atomic E-state index is 0.0341. The number of thioether (sulfide) groups is 1. The molecule has 0 aromatic carbocycles. The van der Waals surface area contributed by atoms with Gasteiger partial charge in [0.25, 0.3) is 0 Å². The van der Waals surface area contributed by atoms with Crippen LogP contribution in [0.4, 0.5) is 0 Å². The first-order valence-corrected chi connectivity index (χ1v) is 13.0. The van der Waals surface area contributed by atoms with Gasteiger partial charge in [0, 0.05) is 17.3 Å². The fourth-order valence-electron chi connectivity index (χ4n) is 6.12. The van der Waals surface area contributed by atoms with Crippen LogP contribution in [-0.4, -0.2) is 80.1 Å². The Morgan fingerprint density at radius 1 is 1.15 bits per heavy atom. The van der Waals surface area contributed by atoms with Gasteiger partial charge in [-0.1, -0.05) is 37.6 Å². The number of carbonyl (C=O) groups excluding carboxylic acids is 3. The number of hydrogen-bond acceptors (Lipinski definition) is 6.